The normalized spacial score (nSPS) is 10.2. The molecule has 1 aromatic heterocycles. The molecular weight excluding hydrogens is 342 g/mol. The minimum Gasteiger partial charge on any atom is -0.493 e. The fourth-order valence-corrected chi connectivity index (χ4v) is 2.51. The standard InChI is InChI=1S/C21H21N3O3/c1-14-4-7-16(8-5-14)23-17-9-11-20(22-13-17)24-21(25)15-6-10-18(26-2)19(12-15)27-3/h4-13,23H,1-3H3,(H,22,24,25). The van der Waals surface area contributed by atoms with E-state index in [9.17, 15) is 4.79 Å². The van der Waals surface area contributed by atoms with Gasteiger partial charge in [-0.1, -0.05) is 17.7 Å². The van der Waals surface area contributed by atoms with Crippen molar-refractivity contribution in [3.8, 4) is 11.5 Å². The van der Waals surface area contributed by atoms with Crippen molar-refractivity contribution >= 4 is 23.1 Å². The summed E-state index contributed by atoms with van der Waals surface area (Å²) in [7, 11) is 3.08. The molecule has 138 valence electrons. The lowest BCUT2D eigenvalue weighted by Gasteiger charge is -2.10. The second kappa shape index (κ2) is 8.23. The molecule has 0 aliphatic rings. The average Bonchev–Trinajstić information content (AvgIpc) is 2.70. The van der Waals surface area contributed by atoms with E-state index in [1.165, 1.54) is 12.7 Å². The summed E-state index contributed by atoms with van der Waals surface area (Å²) in [5, 5.41) is 6.04. The number of hydrogen-bond donors (Lipinski definition) is 2. The van der Waals surface area contributed by atoms with Crippen LogP contribution in [0.4, 0.5) is 17.2 Å². The first-order chi connectivity index (χ1) is 13.1. The number of ether oxygens (including phenoxy) is 2. The lowest BCUT2D eigenvalue weighted by Crippen LogP contribution is -2.13. The van der Waals surface area contributed by atoms with E-state index in [4.69, 9.17) is 9.47 Å². The molecule has 1 heterocycles. The Bertz CT molecular complexity index is 922. The van der Waals surface area contributed by atoms with E-state index in [1.54, 1.807) is 37.6 Å². The van der Waals surface area contributed by atoms with E-state index in [0.717, 1.165) is 11.4 Å². The monoisotopic (exact) mass is 363 g/mol. The van der Waals surface area contributed by atoms with Gasteiger partial charge in [-0.3, -0.25) is 4.79 Å². The zero-order valence-corrected chi connectivity index (χ0v) is 15.4. The first-order valence-corrected chi connectivity index (χ1v) is 8.42. The van der Waals surface area contributed by atoms with Gasteiger partial charge in [0.25, 0.3) is 5.91 Å². The molecule has 0 saturated carbocycles. The summed E-state index contributed by atoms with van der Waals surface area (Å²) in [6.45, 7) is 2.04. The molecule has 0 radical (unpaired) electrons. The van der Waals surface area contributed by atoms with Crippen LogP contribution < -0.4 is 20.1 Å². The molecule has 6 heteroatoms. The maximum atomic E-state index is 12.4. The van der Waals surface area contributed by atoms with Crippen LogP contribution in [0.1, 0.15) is 15.9 Å². The number of amides is 1. The van der Waals surface area contributed by atoms with Crippen molar-refractivity contribution in [3.05, 3.63) is 71.9 Å². The molecule has 0 unspecified atom stereocenters. The third-order valence-corrected chi connectivity index (χ3v) is 3.99. The number of aromatic nitrogens is 1. The number of benzene rings is 2. The Morgan fingerprint density at radius 3 is 2.22 bits per heavy atom. The minimum atomic E-state index is -0.275. The van der Waals surface area contributed by atoms with Crippen LogP contribution in [-0.2, 0) is 0 Å². The summed E-state index contributed by atoms with van der Waals surface area (Å²) in [5.41, 5.74) is 3.47. The molecule has 0 saturated heterocycles. The predicted molar refractivity (Wildman–Crippen MR) is 106 cm³/mol. The highest BCUT2D eigenvalue weighted by atomic mass is 16.5. The van der Waals surface area contributed by atoms with Gasteiger partial charge in [0.1, 0.15) is 5.82 Å². The smallest absolute Gasteiger partial charge is 0.256 e. The number of carbonyl (C=O) groups is 1. The van der Waals surface area contributed by atoms with Gasteiger partial charge in [-0.2, -0.15) is 0 Å². The van der Waals surface area contributed by atoms with Crippen molar-refractivity contribution in [3.63, 3.8) is 0 Å². The number of nitrogens with zero attached hydrogens (tertiary/aromatic N) is 1. The van der Waals surface area contributed by atoms with Gasteiger partial charge in [0, 0.05) is 11.3 Å². The van der Waals surface area contributed by atoms with E-state index in [2.05, 4.69) is 15.6 Å². The Kier molecular flexibility index (Phi) is 5.56. The number of methoxy groups -OCH3 is 2. The SMILES string of the molecule is COc1ccc(C(=O)Nc2ccc(Nc3ccc(C)cc3)cn2)cc1OC. The molecule has 3 aromatic rings. The molecule has 2 N–H and O–H groups in total. The first kappa shape index (κ1) is 18.3. The maximum Gasteiger partial charge on any atom is 0.256 e. The lowest BCUT2D eigenvalue weighted by molar-refractivity contribution is 0.102. The van der Waals surface area contributed by atoms with Gasteiger partial charge in [0.15, 0.2) is 11.5 Å². The molecule has 6 nitrogen and oxygen atoms in total. The van der Waals surface area contributed by atoms with Gasteiger partial charge in [-0.15, -0.1) is 0 Å². The van der Waals surface area contributed by atoms with Crippen molar-refractivity contribution < 1.29 is 14.3 Å². The van der Waals surface area contributed by atoms with E-state index in [0.29, 0.717) is 22.9 Å². The van der Waals surface area contributed by atoms with Crippen LogP contribution in [0.2, 0.25) is 0 Å². The number of anilines is 3. The average molecular weight is 363 g/mol. The topological polar surface area (TPSA) is 72.5 Å². The van der Waals surface area contributed by atoms with Crippen LogP contribution in [0.25, 0.3) is 0 Å². The van der Waals surface area contributed by atoms with Crippen molar-refractivity contribution in [2.24, 2.45) is 0 Å². The Morgan fingerprint density at radius 1 is 0.889 bits per heavy atom. The molecule has 2 aromatic carbocycles. The highest BCUT2D eigenvalue weighted by Gasteiger charge is 2.11. The van der Waals surface area contributed by atoms with Crippen molar-refractivity contribution in [2.75, 3.05) is 24.9 Å². The van der Waals surface area contributed by atoms with Gasteiger partial charge >= 0.3 is 0 Å². The quantitative estimate of drug-likeness (QED) is 0.679. The summed E-state index contributed by atoms with van der Waals surface area (Å²) in [4.78, 5) is 16.7. The van der Waals surface area contributed by atoms with Crippen LogP contribution in [0.5, 0.6) is 11.5 Å². The van der Waals surface area contributed by atoms with Crippen LogP contribution in [0.15, 0.2) is 60.8 Å². The van der Waals surface area contributed by atoms with Gasteiger partial charge in [-0.25, -0.2) is 4.98 Å². The van der Waals surface area contributed by atoms with Crippen LogP contribution in [0, 0.1) is 6.92 Å². The Balaban J connectivity index is 1.67. The van der Waals surface area contributed by atoms with Crippen LogP contribution >= 0.6 is 0 Å². The summed E-state index contributed by atoms with van der Waals surface area (Å²) >= 11 is 0. The molecule has 0 atom stereocenters. The molecule has 1 amide bonds. The molecule has 0 fully saturated rings. The van der Waals surface area contributed by atoms with E-state index >= 15 is 0 Å². The molecule has 0 spiro atoms. The first-order valence-electron chi connectivity index (χ1n) is 8.42. The highest BCUT2D eigenvalue weighted by Crippen LogP contribution is 2.28. The third kappa shape index (κ3) is 4.55. The fourth-order valence-electron chi connectivity index (χ4n) is 2.51. The van der Waals surface area contributed by atoms with Gasteiger partial charge < -0.3 is 20.1 Å². The zero-order chi connectivity index (χ0) is 19.2. The fraction of sp³-hybridized carbons (Fsp3) is 0.143. The van der Waals surface area contributed by atoms with Crippen molar-refractivity contribution in [1.82, 2.24) is 4.98 Å². The molecule has 0 aliphatic heterocycles. The number of nitrogens with one attached hydrogen (secondary N) is 2. The second-order valence-corrected chi connectivity index (χ2v) is 5.95. The second-order valence-electron chi connectivity index (χ2n) is 5.95. The van der Waals surface area contributed by atoms with E-state index in [-0.39, 0.29) is 5.91 Å². The number of pyridine rings is 1. The maximum absolute atomic E-state index is 12.4. The molecule has 3 rings (SSSR count). The summed E-state index contributed by atoms with van der Waals surface area (Å²) in [6.07, 6.45) is 1.67. The minimum absolute atomic E-state index is 0.275. The molecular formula is C21H21N3O3. The largest absolute Gasteiger partial charge is 0.493 e. The summed E-state index contributed by atoms with van der Waals surface area (Å²) < 4.78 is 10.4. The van der Waals surface area contributed by atoms with Gasteiger partial charge in [0.05, 0.1) is 26.1 Å². The Morgan fingerprint density at radius 2 is 1.59 bits per heavy atom. The van der Waals surface area contributed by atoms with Gasteiger partial charge in [0.2, 0.25) is 0 Å². The number of carbonyl (C=O) groups excluding carboxylic acids is 1. The predicted octanol–water partition coefficient (Wildman–Crippen LogP) is 4.40. The molecule has 0 aliphatic carbocycles. The number of hydrogen-bond acceptors (Lipinski definition) is 5. The summed E-state index contributed by atoms with van der Waals surface area (Å²) in [6, 6.07) is 16.7. The number of rotatable bonds is 6. The number of aryl methyl sites for hydroxylation is 1. The van der Waals surface area contributed by atoms with E-state index < -0.39 is 0 Å². The summed E-state index contributed by atoms with van der Waals surface area (Å²) in [5.74, 6) is 1.25. The Labute approximate surface area is 158 Å². The third-order valence-electron chi connectivity index (χ3n) is 3.99. The Hall–Kier alpha value is -3.54. The molecule has 0 bridgehead atoms. The van der Waals surface area contributed by atoms with Gasteiger partial charge in [-0.05, 0) is 49.4 Å². The lowest BCUT2D eigenvalue weighted by atomic mass is 10.2. The van der Waals surface area contributed by atoms with Crippen molar-refractivity contribution in [2.45, 2.75) is 6.92 Å². The van der Waals surface area contributed by atoms with E-state index in [1.807, 2.05) is 37.3 Å². The van der Waals surface area contributed by atoms with Crippen molar-refractivity contribution in [1.29, 1.82) is 0 Å². The van der Waals surface area contributed by atoms with Crippen LogP contribution in [0.3, 0.4) is 0 Å². The zero-order valence-electron chi connectivity index (χ0n) is 15.4. The van der Waals surface area contributed by atoms with Crippen LogP contribution in [-0.4, -0.2) is 25.1 Å². The molecule has 27 heavy (non-hydrogen) atoms. The highest BCUT2D eigenvalue weighted by molar-refractivity contribution is 6.04.